The molecule has 104 valence electrons. The van der Waals surface area contributed by atoms with Gasteiger partial charge < -0.3 is 15.3 Å². The van der Waals surface area contributed by atoms with Gasteiger partial charge in [-0.2, -0.15) is 5.10 Å². The molecule has 1 aromatic rings. The lowest BCUT2D eigenvalue weighted by Gasteiger charge is -2.16. The van der Waals surface area contributed by atoms with Crippen molar-refractivity contribution < 1.29 is 14.7 Å². The Bertz CT molecular complexity index is 485. The van der Waals surface area contributed by atoms with Gasteiger partial charge in [0.1, 0.15) is 0 Å². The Hall–Kier alpha value is -1.89. The van der Waals surface area contributed by atoms with E-state index in [0.29, 0.717) is 12.1 Å². The summed E-state index contributed by atoms with van der Waals surface area (Å²) in [6.07, 6.45) is 3.82. The Kier molecular flexibility index (Phi) is 3.84. The Morgan fingerprint density at radius 2 is 2.26 bits per heavy atom. The van der Waals surface area contributed by atoms with Crippen molar-refractivity contribution in [3.05, 3.63) is 18.0 Å². The van der Waals surface area contributed by atoms with Gasteiger partial charge in [-0.25, -0.2) is 4.79 Å². The van der Waals surface area contributed by atoms with Gasteiger partial charge in [-0.05, 0) is 20.0 Å². The number of likely N-dealkylation sites (tertiary alicyclic amines) is 1. The molecule has 0 bridgehead atoms. The summed E-state index contributed by atoms with van der Waals surface area (Å²) < 4.78 is 1.51. The lowest BCUT2D eigenvalue weighted by Crippen LogP contribution is -2.38. The van der Waals surface area contributed by atoms with Crippen molar-refractivity contribution >= 4 is 11.9 Å². The van der Waals surface area contributed by atoms with Crippen LogP contribution in [0, 0.1) is 5.92 Å². The molecule has 2 heterocycles. The first-order chi connectivity index (χ1) is 8.97. The number of aryl methyl sites for hydroxylation is 1. The third-order valence-electron chi connectivity index (χ3n) is 3.35. The van der Waals surface area contributed by atoms with E-state index in [2.05, 4.69) is 15.3 Å². The number of carbonyl (C=O) groups is 2. The molecule has 1 fully saturated rings. The summed E-state index contributed by atoms with van der Waals surface area (Å²) in [6, 6.07) is -1.04. The fraction of sp³-hybridized carbons (Fsp3) is 0.583. The molecule has 1 aliphatic rings. The highest BCUT2D eigenvalue weighted by Gasteiger charge is 2.30. The molecule has 2 rings (SSSR count). The van der Waals surface area contributed by atoms with Crippen LogP contribution in [0.4, 0.5) is 0 Å². The fourth-order valence-corrected chi connectivity index (χ4v) is 2.29. The second-order valence-electron chi connectivity index (χ2n) is 4.98. The molecule has 1 amide bonds. The van der Waals surface area contributed by atoms with Gasteiger partial charge in [-0.15, -0.1) is 0 Å². The summed E-state index contributed by atoms with van der Waals surface area (Å²) in [7, 11) is 3.65. The van der Waals surface area contributed by atoms with Gasteiger partial charge in [0.25, 0.3) is 0 Å². The number of amides is 1. The topological polar surface area (TPSA) is 87.5 Å². The van der Waals surface area contributed by atoms with E-state index >= 15 is 0 Å². The van der Waals surface area contributed by atoms with Gasteiger partial charge in [-0.3, -0.25) is 9.48 Å². The van der Waals surface area contributed by atoms with Crippen LogP contribution >= 0.6 is 0 Å². The predicted molar refractivity (Wildman–Crippen MR) is 67.3 cm³/mol. The molecule has 7 nitrogen and oxygen atoms in total. The number of carbonyl (C=O) groups excluding carboxylic acids is 1. The van der Waals surface area contributed by atoms with Gasteiger partial charge in [0.05, 0.1) is 12.1 Å². The quantitative estimate of drug-likeness (QED) is 0.775. The highest BCUT2D eigenvalue weighted by molar-refractivity contribution is 5.86. The number of carboxylic acid groups (broad SMARTS) is 1. The van der Waals surface area contributed by atoms with Crippen LogP contribution in [-0.2, 0) is 16.6 Å². The van der Waals surface area contributed by atoms with Crippen molar-refractivity contribution in [1.82, 2.24) is 20.0 Å². The Morgan fingerprint density at radius 1 is 1.53 bits per heavy atom. The van der Waals surface area contributed by atoms with Crippen LogP contribution in [0.25, 0.3) is 0 Å². The fourth-order valence-electron chi connectivity index (χ4n) is 2.29. The van der Waals surface area contributed by atoms with Crippen molar-refractivity contribution in [3.63, 3.8) is 0 Å². The van der Waals surface area contributed by atoms with Gasteiger partial charge >= 0.3 is 5.97 Å². The van der Waals surface area contributed by atoms with Crippen LogP contribution < -0.4 is 5.32 Å². The first-order valence-corrected chi connectivity index (χ1v) is 6.17. The van der Waals surface area contributed by atoms with Crippen molar-refractivity contribution in [2.24, 2.45) is 13.0 Å². The maximum atomic E-state index is 12.1. The normalized spacial score (nSPS) is 21.3. The van der Waals surface area contributed by atoms with Gasteiger partial charge in [0.15, 0.2) is 6.04 Å². The van der Waals surface area contributed by atoms with E-state index in [4.69, 9.17) is 0 Å². The Labute approximate surface area is 111 Å². The highest BCUT2D eigenvalue weighted by Crippen LogP contribution is 2.17. The number of hydrogen-bond acceptors (Lipinski definition) is 4. The maximum absolute atomic E-state index is 12.1. The highest BCUT2D eigenvalue weighted by atomic mass is 16.4. The molecule has 0 saturated carbocycles. The van der Waals surface area contributed by atoms with Crippen molar-refractivity contribution in [1.29, 1.82) is 0 Å². The molecule has 19 heavy (non-hydrogen) atoms. The predicted octanol–water partition coefficient (Wildman–Crippen LogP) is -0.386. The van der Waals surface area contributed by atoms with Crippen LogP contribution in [0.15, 0.2) is 12.4 Å². The zero-order chi connectivity index (χ0) is 14.0. The molecule has 0 radical (unpaired) electrons. The second kappa shape index (κ2) is 5.40. The number of hydrogen-bond donors (Lipinski definition) is 2. The van der Waals surface area contributed by atoms with E-state index in [1.807, 2.05) is 7.05 Å². The van der Waals surface area contributed by atoms with E-state index in [1.54, 1.807) is 13.2 Å². The summed E-state index contributed by atoms with van der Waals surface area (Å²) in [5.41, 5.74) is 0.481. The standard InChI is InChI=1S/C12H18N4O3/c1-15-4-3-8(6-15)11(17)14-10(12(18)19)9-5-13-16(2)7-9/h5,7-8,10H,3-4,6H2,1-2H3,(H,14,17)(H,18,19). The summed E-state index contributed by atoms with van der Waals surface area (Å²) >= 11 is 0. The minimum Gasteiger partial charge on any atom is -0.479 e. The first-order valence-electron chi connectivity index (χ1n) is 6.17. The van der Waals surface area contributed by atoms with E-state index in [0.717, 1.165) is 13.0 Å². The van der Waals surface area contributed by atoms with E-state index in [9.17, 15) is 14.7 Å². The summed E-state index contributed by atoms with van der Waals surface area (Å²) in [5.74, 6) is -1.42. The van der Waals surface area contributed by atoms with Gasteiger partial charge in [-0.1, -0.05) is 0 Å². The number of nitrogens with zero attached hydrogens (tertiary/aromatic N) is 3. The third-order valence-corrected chi connectivity index (χ3v) is 3.35. The van der Waals surface area contributed by atoms with E-state index < -0.39 is 12.0 Å². The molecular weight excluding hydrogens is 248 g/mol. The second-order valence-corrected chi connectivity index (χ2v) is 4.98. The van der Waals surface area contributed by atoms with Crippen LogP contribution in [-0.4, -0.2) is 51.8 Å². The molecule has 0 spiro atoms. The monoisotopic (exact) mass is 266 g/mol. The third kappa shape index (κ3) is 3.11. The molecule has 2 N–H and O–H groups in total. The van der Waals surface area contributed by atoms with Gasteiger partial charge in [0.2, 0.25) is 5.91 Å². The van der Waals surface area contributed by atoms with Crippen molar-refractivity contribution in [2.75, 3.05) is 20.1 Å². The molecule has 1 saturated heterocycles. The minimum atomic E-state index is -1.08. The number of carboxylic acids is 1. The lowest BCUT2D eigenvalue weighted by molar-refractivity contribution is -0.142. The smallest absolute Gasteiger partial charge is 0.331 e. The average molecular weight is 266 g/mol. The van der Waals surface area contributed by atoms with Crippen molar-refractivity contribution in [3.8, 4) is 0 Å². The summed E-state index contributed by atoms with van der Waals surface area (Å²) in [6.45, 7) is 1.54. The number of aliphatic carboxylic acids is 1. The zero-order valence-electron chi connectivity index (χ0n) is 11.0. The largest absolute Gasteiger partial charge is 0.479 e. The van der Waals surface area contributed by atoms with Crippen LogP contribution in [0.3, 0.4) is 0 Å². The number of nitrogens with one attached hydrogen (secondary N) is 1. The first kappa shape index (κ1) is 13.5. The Morgan fingerprint density at radius 3 is 2.74 bits per heavy atom. The Balaban J connectivity index is 2.05. The number of rotatable bonds is 4. The SMILES string of the molecule is CN1CCC(C(=O)NC(C(=O)O)c2cnn(C)c2)C1. The van der Waals surface area contributed by atoms with Crippen LogP contribution in [0.5, 0.6) is 0 Å². The van der Waals surface area contributed by atoms with E-state index in [1.165, 1.54) is 10.9 Å². The molecular formula is C12H18N4O3. The molecule has 1 aliphatic heterocycles. The zero-order valence-corrected chi connectivity index (χ0v) is 11.0. The molecule has 0 aliphatic carbocycles. The van der Waals surface area contributed by atoms with Crippen molar-refractivity contribution in [2.45, 2.75) is 12.5 Å². The maximum Gasteiger partial charge on any atom is 0.331 e. The molecule has 1 aromatic heterocycles. The molecule has 2 atom stereocenters. The summed E-state index contributed by atoms with van der Waals surface area (Å²) in [5, 5.41) is 15.7. The number of aromatic nitrogens is 2. The lowest BCUT2D eigenvalue weighted by atomic mass is 10.1. The molecule has 7 heteroatoms. The van der Waals surface area contributed by atoms with E-state index in [-0.39, 0.29) is 11.8 Å². The summed E-state index contributed by atoms with van der Waals surface area (Å²) in [4.78, 5) is 25.4. The van der Waals surface area contributed by atoms with Crippen LogP contribution in [0.1, 0.15) is 18.0 Å². The minimum absolute atomic E-state index is 0.136. The molecule has 0 aromatic carbocycles. The molecule has 2 unspecified atom stereocenters. The average Bonchev–Trinajstić information content (AvgIpc) is 2.94. The van der Waals surface area contributed by atoms with Crippen LogP contribution in [0.2, 0.25) is 0 Å². The van der Waals surface area contributed by atoms with Gasteiger partial charge in [0, 0.05) is 25.4 Å².